The zero-order chi connectivity index (χ0) is 18.7. The molecule has 3 unspecified atom stereocenters. The third-order valence-corrected chi connectivity index (χ3v) is 7.60. The van der Waals surface area contributed by atoms with E-state index in [4.69, 9.17) is 0 Å². The standard InChI is InChI=1S/C19H29N3O3S/c1-14-9-10-20-13-18(14)21-19(23)16-7-5-8-17(12-16)26(24,25)22-11-4-3-6-15(22)2/h5,7-8,12,14-15,18,20H,3-4,6,9-11,13H2,1-2H3,(H,21,23). The number of hydrogen-bond donors (Lipinski definition) is 2. The Kier molecular flexibility index (Phi) is 5.99. The number of carbonyl (C=O) groups excluding carboxylic acids is 1. The van der Waals surface area contributed by atoms with Gasteiger partial charge >= 0.3 is 0 Å². The summed E-state index contributed by atoms with van der Waals surface area (Å²) in [6.07, 6.45) is 3.84. The average Bonchev–Trinajstić information content (AvgIpc) is 2.64. The van der Waals surface area contributed by atoms with Crippen LogP contribution in [0.3, 0.4) is 0 Å². The predicted molar refractivity (Wildman–Crippen MR) is 102 cm³/mol. The second-order valence-corrected chi connectivity index (χ2v) is 9.43. The number of nitrogens with one attached hydrogen (secondary N) is 2. The highest BCUT2D eigenvalue weighted by molar-refractivity contribution is 7.89. The van der Waals surface area contributed by atoms with Crippen molar-refractivity contribution in [1.29, 1.82) is 0 Å². The van der Waals surface area contributed by atoms with E-state index in [1.807, 2.05) is 6.92 Å². The number of hydrogen-bond acceptors (Lipinski definition) is 4. The van der Waals surface area contributed by atoms with E-state index in [0.29, 0.717) is 18.0 Å². The van der Waals surface area contributed by atoms with Gasteiger partial charge in [0.15, 0.2) is 0 Å². The number of carbonyl (C=O) groups is 1. The summed E-state index contributed by atoms with van der Waals surface area (Å²) in [7, 11) is -3.57. The number of benzene rings is 1. The molecule has 2 aliphatic heterocycles. The van der Waals surface area contributed by atoms with Gasteiger partial charge in [-0.25, -0.2) is 8.42 Å². The number of sulfonamides is 1. The second-order valence-electron chi connectivity index (χ2n) is 7.54. The van der Waals surface area contributed by atoms with Gasteiger partial charge in [0.1, 0.15) is 0 Å². The minimum Gasteiger partial charge on any atom is -0.348 e. The third-order valence-electron chi connectivity index (χ3n) is 5.59. The first-order valence-electron chi connectivity index (χ1n) is 9.53. The van der Waals surface area contributed by atoms with Gasteiger partial charge in [-0.05, 0) is 56.8 Å². The van der Waals surface area contributed by atoms with Crippen LogP contribution >= 0.6 is 0 Å². The zero-order valence-electron chi connectivity index (χ0n) is 15.6. The zero-order valence-corrected chi connectivity index (χ0v) is 16.4. The third kappa shape index (κ3) is 4.10. The van der Waals surface area contributed by atoms with Crippen molar-refractivity contribution in [2.24, 2.45) is 5.92 Å². The molecule has 2 N–H and O–H groups in total. The molecule has 3 rings (SSSR count). The maximum absolute atomic E-state index is 13.0. The Hall–Kier alpha value is -1.44. The van der Waals surface area contributed by atoms with Crippen molar-refractivity contribution in [3.05, 3.63) is 29.8 Å². The fourth-order valence-electron chi connectivity index (χ4n) is 3.80. The first kappa shape index (κ1) is 19.3. The van der Waals surface area contributed by atoms with Gasteiger partial charge in [-0.15, -0.1) is 0 Å². The topological polar surface area (TPSA) is 78.5 Å². The van der Waals surface area contributed by atoms with Crippen LogP contribution in [0.15, 0.2) is 29.2 Å². The van der Waals surface area contributed by atoms with Crippen LogP contribution in [-0.4, -0.2) is 50.3 Å². The molecule has 2 fully saturated rings. The smallest absolute Gasteiger partial charge is 0.251 e. The lowest BCUT2D eigenvalue weighted by atomic mass is 9.94. The van der Waals surface area contributed by atoms with E-state index in [0.717, 1.165) is 38.8 Å². The summed E-state index contributed by atoms with van der Waals surface area (Å²) >= 11 is 0. The molecule has 2 heterocycles. The van der Waals surface area contributed by atoms with Crippen molar-refractivity contribution >= 4 is 15.9 Å². The fourth-order valence-corrected chi connectivity index (χ4v) is 5.54. The van der Waals surface area contributed by atoms with Gasteiger partial charge in [0.25, 0.3) is 5.91 Å². The van der Waals surface area contributed by atoms with Gasteiger partial charge < -0.3 is 10.6 Å². The van der Waals surface area contributed by atoms with Crippen molar-refractivity contribution in [2.75, 3.05) is 19.6 Å². The van der Waals surface area contributed by atoms with Gasteiger partial charge in [0, 0.05) is 30.7 Å². The van der Waals surface area contributed by atoms with Crippen LogP contribution in [0.2, 0.25) is 0 Å². The molecule has 1 aromatic rings. The van der Waals surface area contributed by atoms with Crippen LogP contribution in [0.1, 0.15) is 49.9 Å². The molecule has 0 saturated carbocycles. The van der Waals surface area contributed by atoms with Crippen molar-refractivity contribution in [1.82, 2.24) is 14.9 Å². The van der Waals surface area contributed by atoms with Crippen molar-refractivity contribution in [3.8, 4) is 0 Å². The van der Waals surface area contributed by atoms with Crippen LogP contribution in [-0.2, 0) is 10.0 Å². The molecule has 7 heteroatoms. The van der Waals surface area contributed by atoms with Gasteiger partial charge in [0.2, 0.25) is 10.0 Å². The molecule has 2 saturated heterocycles. The number of rotatable bonds is 4. The summed E-state index contributed by atoms with van der Waals surface area (Å²) in [5.74, 6) is 0.190. The van der Waals surface area contributed by atoms with E-state index in [9.17, 15) is 13.2 Å². The van der Waals surface area contributed by atoms with Gasteiger partial charge in [-0.1, -0.05) is 19.4 Å². The van der Waals surface area contributed by atoms with E-state index >= 15 is 0 Å². The Morgan fingerprint density at radius 1 is 1.23 bits per heavy atom. The molecule has 0 aliphatic carbocycles. The van der Waals surface area contributed by atoms with E-state index in [2.05, 4.69) is 17.6 Å². The molecule has 6 nitrogen and oxygen atoms in total. The monoisotopic (exact) mass is 379 g/mol. The Bertz CT molecular complexity index is 750. The normalized spacial score (nSPS) is 27.8. The summed E-state index contributed by atoms with van der Waals surface area (Å²) in [4.78, 5) is 12.8. The van der Waals surface area contributed by atoms with Gasteiger partial charge in [-0.2, -0.15) is 4.31 Å². The van der Waals surface area contributed by atoms with Crippen LogP contribution < -0.4 is 10.6 Å². The Balaban J connectivity index is 1.78. The largest absolute Gasteiger partial charge is 0.348 e. The van der Waals surface area contributed by atoms with E-state index in [1.54, 1.807) is 22.5 Å². The minimum absolute atomic E-state index is 0.000366. The van der Waals surface area contributed by atoms with Crippen LogP contribution in [0.5, 0.6) is 0 Å². The summed E-state index contributed by atoms with van der Waals surface area (Å²) in [5.41, 5.74) is 0.397. The SMILES string of the molecule is CC1CCNCC1NC(=O)c1cccc(S(=O)(=O)N2CCCCC2C)c1. The molecule has 26 heavy (non-hydrogen) atoms. The first-order valence-corrected chi connectivity index (χ1v) is 11.0. The second kappa shape index (κ2) is 8.06. The summed E-state index contributed by atoms with van der Waals surface area (Å²) in [6, 6.07) is 6.48. The highest BCUT2D eigenvalue weighted by Crippen LogP contribution is 2.25. The van der Waals surface area contributed by atoms with Crippen LogP contribution in [0, 0.1) is 5.92 Å². The molecule has 0 spiro atoms. The molecule has 1 aromatic carbocycles. The number of piperidine rings is 2. The molecule has 3 atom stereocenters. The molecule has 144 valence electrons. The predicted octanol–water partition coefficient (Wildman–Crippen LogP) is 1.98. The molecule has 0 aromatic heterocycles. The Morgan fingerprint density at radius 2 is 2.04 bits per heavy atom. The molecule has 1 amide bonds. The van der Waals surface area contributed by atoms with E-state index < -0.39 is 10.0 Å². The maximum atomic E-state index is 13.0. The van der Waals surface area contributed by atoms with E-state index in [-0.39, 0.29) is 22.9 Å². The lowest BCUT2D eigenvalue weighted by molar-refractivity contribution is 0.0915. The molecular formula is C19H29N3O3S. The van der Waals surface area contributed by atoms with Gasteiger partial charge in [-0.3, -0.25) is 4.79 Å². The minimum atomic E-state index is -3.57. The Labute approximate surface area is 156 Å². The quantitative estimate of drug-likeness (QED) is 0.838. The van der Waals surface area contributed by atoms with E-state index in [1.165, 1.54) is 6.07 Å². The summed E-state index contributed by atoms with van der Waals surface area (Å²) < 4.78 is 27.6. The lowest BCUT2D eigenvalue weighted by Crippen LogP contribution is -2.50. The fraction of sp³-hybridized carbons (Fsp3) is 0.632. The number of nitrogens with zero attached hydrogens (tertiary/aromatic N) is 1. The average molecular weight is 380 g/mol. The van der Waals surface area contributed by atoms with Crippen molar-refractivity contribution < 1.29 is 13.2 Å². The van der Waals surface area contributed by atoms with Gasteiger partial charge in [0.05, 0.1) is 4.90 Å². The highest BCUT2D eigenvalue weighted by atomic mass is 32.2. The summed E-state index contributed by atoms with van der Waals surface area (Å²) in [6.45, 7) is 6.34. The van der Waals surface area contributed by atoms with Crippen LogP contribution in [0.25, 0.3) is 0 Å². The molecule has 0 radical (unpaired) electrons. The molecule has 0 bridgehead atoms. The Morgan fingerprint density at radius 3 is 2.77 bits per heavy atom. The number of amides is 1. The summed E-state index contributed by atoms with van der Waals surface area (Å²) in [5, 5.41) is 6.33. The lowest BCUT2D eigenvalue weighted by Gasteiger charge is -2.32. The first-order chi connectivity index (χ1) is 12.4. The maximum Gasteiger partial charge on any atom is 0.251 e. The van der Waals surface area contributed by atoms with Crippen molar-refractivity contribution in [3.63, 3.8) is 0 Å². The molecular weight excluding hydrogens is 350 g/mol. The highest BCUT2D eigenvalue weighted by Gasteiger charge is 2.31. The van der Waals surface area contributed by atoms with Crippen LogP contribution in [0.4, 0.5) is 0 Å². The van der Waals surface area contributed by atoms with Crippen molar-refractivity contribution in [2.45, 2.75) is 56.5 Å². The molecule has 2 aliphatic rings.